The summed E-state index contributed by atoms with van der Waals surface area (Å²) in [6.45, 7) is 9.62. The predicted octanol–water partition coefficient (Wildman–Crippen LogP) is 6.28. The van der Waals surface area contributed by atoms with Gasteiger partial charge in [0.2, 0.25) is 0 Å². The molecular formula is C33H37N3O. The van der Waals surface area contributed by atoms with Crippen molar-refractivity contribution in [2.45, 2.75) is 32.4 Å². The lowest BCUT2D eigenvalue weighted by Gasteiger charge is -2.49. The Morgan fingerprint density at radius 3 is 1.54 bits per heavy atom. The van der Waals surface area contributed by atoms with Crippen molar-refractivity contribution >= 4 is 5.69 Å². The normalized spacial score (nSPS) is 15.9. The van der Waals surface area contributed by atoms with Gasteiger partial charge in [-0.3, -0.25) is 9.88 Å². The summed E-state index contributed by atoms with van der Waals surface area (Å²) in [6, 6.07) is 36.7. The van der Waals surface area contributed by atoms with E-state index in [1.165, 1.54) is 16.7 Å². The molecule has 4 aromatic rings. The first kappa shape index (κ1) is 25.2. The Hall–Kier alpha value is -3.47. The molecule has 0 amide bonds. The van der Waals surface area contributed by atoms with Gasteiger partial charge in [0.15, 0.2) is 0 Å². The van der Waals surface area contributed by atoms with Gasteiger partial charge in [-0.2, -0.15) is 0 Å². The molecule has 0 spiro atoms. The smallest absolute Gasteiger partial charge is 0.103 e. The van der Waals surface area contributed by atoms with Crippen LogP contribution in [0.5, 0.6) is 0 Å². The van der Waals surface area contributed by atoms with Gasteiger partial charge in [-0.1, -0.05) is 112 Å². The van der Waals surface area contributed by atoms with Crippen molar-refractivity contribution in [1.82, 2.24) is 9.88 Å². The van der Waals surface area contributed by atoms with Crippen molar-refractivity contribution in [3.05, 3.63) is 132 Å². The van der Waals surface area contributed by atoms with Crippen molar-refractivity contribution in [3.8, 4) is 0 Å². The molecule has 2 heterocycles. The van der Waals surface area contributed by atoms with E-state index >= 15 is 0 Å². The van der Waals surface area contributed by atoms with Crippen molar-refractivity contribution in [2.24, 2.45) is 5.41 Å². The topological polar surface area (TPSA) is 39.6 Å². The molecule has 1 N–H and O–H groups in total. The van der Waals surface area contributed by atoms with Gasteiger partial charge in [0, 0.05) is 32.4 Å². The molecule has 1 aliphatic rings. The first-order valence-electron chi connectivity index (χ1n) is 13.2. The Morgan fingerprint density at radius 1 is 0.649 bits per heavy atom. The largest absolute Gasteiger partial charge is 0.386 e. The lowest BCUT2D eigenvalue weighted by Crippen LogP contribution is -2.56. The van der Waals surface area contributed by atoms with E-state index in [4.69, 9.17) is 0 Å². The molecule has 37 heavy (non-hydrogen) atoms. The summed E-state index contributed by atoms with van der Waals surface area (Å²) in [5, 5.41) is 11.1. The maximum absolute atomic E-state index is 11.1. The number of rotatable bonds is 6. The van der Waals surface area contributed by atoms with Gasteiger partial charge in [0.05, 0.1) is 16.9 Å². The van der Waals surface area contributed by atoms with Gasteiger partial charge < -0.3 is 10.0 Å². The van der Waals surface area contributed by atoms with Crippen molar-refractivity contribution in [2.75, 3.05) is 31.1 Å². The molecule has 0 bridgehead atoms. The number of aliphatic hydroxyl groups is 1. The maximum atomic E-state index is 11.1. The summed E-state index contributed by atoms with van der Waals surface area (Å²) < 4.78 is 0. The van der Waals surface area contributed by atoms with Gasteiger partial charge in [0.1, 0.15) is 6.10 Å². The fraction of sp³-hybridized carbons (Fsp3) is 0.303. The molecular weight excluding hydrogens is 454 g/mol. The zero-order chi connectivity index (χ0) is 25.9. The van der Waals surface area contributed by atoms with Crippen LogP contribution in [-0.2, 0) is 5.54 Å². The van der Waals surface area contributed by atoms with Crippen LogP contribution in [0.2, 0.25) is 0 Å². The predicted molar refractivity (Wildman–Crippen MR) is 152 cm³/mol. The average Bonchev–Trinajstić information content (AvgIpc) is 2.95. The Bertz CT molecular complexity index is 1180. The van der Waals surface area contributed by atoms with E-state index in [1.54, 1.807) is 6.20 Å². The minimum atomic E-state index is -0.626. The Kier molecular flexibility index (Phi) is 7.14. The Morgan fingerprint density at radius 2 is 1.11 bits per heavy atom. The summed E-state index contributed by atoms with van der Waals surface area (Å²) in [5.41, 5.74) is 4.92. The van der Waals surface area contributed by atoms with Crippen LogP contribution < -0.4 is 4.90 Å². The second-order valence-electron chi connectivity index (χ2n) is 11.0. The highest BCUT2D eigenvalue weighted by Crippen LogP contribution is 2.43. The fourth-order valence-corrected chi connectivity index (χ4v) is 5.67. The highest BCUT2D eigenvalue weighted by molar-refractivity contribution is 5.54. The molecule has 0 saturated carbocycles. The summed E-state index contributed by atoms with van der Waals surface area (Å²) >= 11 is 0. The third kappa shape index (κ3) is 4.79. The molecule has 1 unspecified atom stereocenters. The summed E-state index contributed by atoms with van der Waals surface area (Å²) in [4.78, 5) is 9.64. The number of piperazine rings is 1. The standard InChI is InChI=1S/C33H37N3O/c1-32(2,3)31(37)30-29(20-13-21-34-30)35-22-24-36(25-23-35)33(26-14-7-4-8-15-26,27-16-9-5-10-17-27)28-18-11-6-12-19-28/h4-21,31,37H,22-25H2,1-3H3. The van der Waals surface area contributed by atoms with Crippen molar-refractivity contribution in [3.63, 3.8) is 0 Å². The number of aliphatic hydroxyl groups excluding tert-OH is 1. The van der Waals surface area contributed by atoms with Crippen LogP contribution in [0.1, 0.15) is 49.3 Å². The molecule has 0 radical (unpaired) electrons. The molecule has 4 nitrogen and oxygen atoms in total. The SMILES string of the molecule is CC(C)(C)C(O)c1ncccc1N1CCN(C(c2ccccc2)(c2ccccc2)c2ccccc2)CC1. The third-order valence-corrected chi connectivity index (χ3v) is 7.56. The van der Waals surface area contributed by atoms with Crippen molar-refractivity contribution < 1.29 is 5.11 Å². The van der Waals surface area contributed by atoms with E-state index in [-0.39, 0.29) is 5.41 Å². The Balaban J connectivity index is 1.55. The zero-order valence-electron chi connectivity index (χ0n) is 22.1. The fourth-order valence-electron chi connectivity index (χ4n) is 5.67. The van der Waals surface area contributed by atoms with E-state index in [0.717, 1.165) is 37.6 Å². The summed E-state index contributed by atoms with van der Waals surface area (Å²) in [5.74, 6) is 0. The maximum Gasteiger partial charge on any atom is 0.103 e. The molecule has 1 saturated heterocycles. The quantitative estimate of drug-likeness (QED) is 0.323. The van der Waals surface area contributed by atoms with Crippen LogP contribution in [0.25, 0.3) is 0 Å². The van der Waals surface area contributed by atoms with Crippen LogP contribution in [0, 0.1) is 5.41 Å². The van der Waals surface area contributed by atoms with E-state index in [0.29, 0.717) is 0 Å². The average molecular weight is 492 g/mol. The van der Waals surface area contributed by atoms with Crippen LogP contribution >= 0.6 is 0 Å². The van der Waals surface area contributed by atoms with E-state index < -0.39 is 11.6 Å². The van der Waals surface area contributed by atoms with Crippen LogP contribution in [0.4, 0.5) is 5.69 Å². The number of hydrogen-bond acceptors (Lipinski definition) is 4. The first-order chi connectivity index (χ1) is 17.9. The molecule has 1 aliphatic heterocycles. The van der Waals surface area contributed by atoms with Gasteiger partial charge in [0.25, 0.3) is 0 Å². The van der Waals surface area contributed by atoms with Crippen LogP contribution in [-0.4, -0.2) is 41.2 Å². The lowest BCUT2D eigenvalue weighted by atomic mass is 9.75. The summed E-state index contributed by atoms with van der Waals surface area (Å²) in [6.07, 6.45) is 1.16. The third-order valence-electron chi connectivity index (χ3n) is 7.56. The Labute approximate surface area is 221 Å². The minimum absolute atomic E-state index is 0.284. The van der Waals surface area contributed by atoms with Crippen LogP contribution in [0.15, 0.2) is 109 Å². The van der Waals surface area contributed by atoms with Gasteiger partial charge in [-0.25, -0.2) is 0 Å². The van der Waals surface area contributed by atoms with Gasteiger partial charge in [-0.05, 0) is 34.2 Å². The number of hydrogen-bond donors (Lipinski definition) is 1. The second kappa shape index (κ2) is 10.5. The number of nitrogens with zero attached hydrogens (tertiary/aromatic N) is 3. The van der Waals surface area contributed by atoms with E-state index in [1.807, 2.05) is 6.07 Å². The molecule has 190 valence electrons. The second-order valence-corrected chi connectivity index (χ2v) is 11.0. The molecule has 1 atom stereocenters. The summed E-state index contributed by atoms with van der Waals surface area (Å²) in [7, 11) is 0. The molecule has 5 rings (SSSR count). The van der Waals surface area contributed by atoms with Gasteiger partial charge in [-0.15, -0.1) is 0 Å². The minimum Gasteiger partial charge on any atom is -0.386 e. The van der Waals surface area contributed by atoms with E-state index in [2.05, 4.69) is 133 Å². The number of aromatic nitrogens is 1. The molecule has 4 heteroatoms. The molecule has 3 aromatic carbocycles. The highest BCUT2D eigenvalue weighted by Gasteiger charge is 2.43. The first-order valence-corrected chi connectivity index (χ1v) is 13.2. The molecule has 1 fully saturated rings. The highest BCUT2D eigenvalue weighted by atomic mass is 16.3. The monoisotopic (exact) mass is 491 g/mol. The molecule has 1 aromatic heterocycles. The van der Waals surface area contributed by atoms with Crippen molar-refractivity contribution in [1.29, 1.82) is 0 Å². The zero-order valence-corrected chi connectivity index (χ0v) is 22.1. The van der Waals surface area contributed by atoms with Crippen LogP contribution in [0.3, 0.4) is 0 Å². The number of anilines is 1. The number of benzene rings is 3. The van der Waals surface area contributed by atoms with Gasteiger partial charge >= 0.3 is 0 Å². The lowest BCUT2D eigenvalue weighted by molar-refractivity contribution is 0.0590. The molecule has 0 aliphatic carbocycles. The van der Waals surface area contributed by atoms with E-state index in [9.17, 15) is 5.11 Å². The number of pyridine rings is 1.